The summed E-state index contributed by atoms with van der Waals surface area (Å²) in [6.07, 6.45) is 5.50. The van der Waals surface area contributed by atoms with Gasteiger partial charge in [0, 0.05) is 31.1 Å². The second-order valence-corrected chi connectivity index (χ2v) is 9.53. The van der Waals surface area contributed by atoms with Crippen LogP contribution in [0, 0.1) is 12.3 Å². The molecule has 4 rings (SSSR count). The Labute approximate surface area is 163 Å². The minimum atomic E-state index is 0.0317. The van der Waals surface area contributed by atoms with Crippen molar-refractivity contribution in [2.24, 2.45) is 5.41 Å². The van der Waals surface area contributed by atoms with Crippen LogP contribution >= 0.6 is 0 Å². The molecule has 1 aromatic carbocycles. The van der Waals surface area contributed by atoms with Crippen molar-refractivity contribution in [1.82, 2.24) is 9.80 Å². The molecule has 0 saturated carbocycles. The lowest BCUT2D eigenvalue weighted by atomic mass is 9.51. The van der Waals surface area contributed by atoms with Gasteiger partial charge in [-0.2, -0.15) is 0 Å². The van der Waals surface area contributed by atoms with Gasteiger partial charge in [-0.25, -0.2) is 4.79 Å². The fourth-order valence-corrected chi connectivity index (χ4v) is 5.78. The monoisotopic (exact) mass is 370 g/mol. The number of carbonyl (C=O) groups is 1. The summed E-state index contributed by atoms with van der Waals surface area (Å²) in [5, 5.41) is 0. The number of amides is 2. The molecule has 0 unspecified atom stereocenters. The number of aryl methyl sites for hydroxylation is 1. The highest BCUT2D eigenvalue weighted by atomic mass is 16.5. The van der Waals surface area contributed by atoms with Crippen molar-refractivity contribution in [2.75, 3.05) is 26.7 Å². The summed E-state index contributed by atoms with van der Waals surface area (Å²) >= 11 is 0. The van der Waals surface area contributed by atoms with Crippen molar-refractivity contribution in [2.45, 2.75) is 71.3 Å². The molecule has 27 heavy (non-hydrogen) atoms. The number of piperidine rings is 2. The van der Waals surface area contributed by atoms with Gasteiger partial charge in [-0.05, 0) is 67.2 Å². The fourth-order valence-electron chi connectivity index (χ4n) is 5.78. The quantitative estimate of drug-likeness (QED) is 0.728. The number of hydrogen-bond acceptors (Lipinski definition) is 2. The van der Waals surface area contributed by atoms with Gasteiger partial charge in [0.05, 0.1) is 7.11 Å². The van der Waals surface area contributed by atoms with Crippen LogP contribution in [0.15, 0.2) is 12.1 Å². The normalized spacial score (nSPS) is 29.3. The first-order valence-electron chi connectivity index (χ1n) is 10.5. The molecular weight excluding hydrogens is 336 g/mol. The van der Waals surface area contributed by atoms with E-state index in [0.717, 1.165) is 51.1 Å². The first-order valence-corrected chi connectivity index (χ1v) is 10.5. The van der Waals surface area contributed by atoms with E-state index in [-0.39, 0.29) is 22.9 Å². The van der Waals surface area contributed by atoms with E-state index in [1.807, 2.05) is 0 Å². The van der Waals surface area contributed by atoms with Crippen molar-refractivity contribution in [3.05, 3.63) is 28.8 Å². The number of benzene rings is 1. The average molecular weight is 371 g/mol. The summed E-state index contributed by atoms with van der Waals surface area (Å²) in [4.78, 5) is 17.7. The predicted octanol–water partition coefficient (Wildman–Crippen LogP) is 4.52. The number of carbonyl (C=O) groups excluding carboxylic acids is 1. The third-order valence-corrected chi connectivity index (χ3v) is 7.98. The van der Waals surface area contributed by atoms with Crippen molar-refractivity contribution in [3.8, 4) is 5.75 Å². The summed E-state index contributed by atoms with van der Waals surface area (Å²) in [7, 11) is 1.76. The molecule has 2 aliphatic heterocycles. The Morgan fingerprint density at radius 2 is 1.81 bits per heavy atom. The maximum atomic E-state index is 13.4. The zero-order valence-electron chi connectivity index (χ0n) is 17.6. The molecule has 0 radical (unpaired) electrons. The molecule has 0 N–H and O–H groups in total. The Hall–Kier alpha value is -1.71. The van der Waals surface area contributed by atoms with Crippen molar-refractivity contribution < 1.29 is 9.53 Å². The van der Waals surface area contributed by atoms with Crippen LogP contribution in [-0.2, 0) is 11.8 Å². The SMILES string of the molecule is COc1cc2c(cc1C)C[C@H]1N(C(=O)N3CCCCC3)CC[C@]2(C)C1(C)C. The van der Waals surface area contributed by atoms with Crippen LogP contribution in [0.2, 0.25) is 0 Å². The van der Waals surface area contributed by atoms with Gasteiger partial charge in [-0.15, -0.1) is 0 Å². The lowest BCUT2D eigenvalue weighted by Gasteiger charge is -2.61. The van der Waals surface area contributed by atoms with Crippen molar-refractivity contribution in [3.63, 3.8) is 0 Å². The van der Waals surface area contributed by atoms with Crippen molar-refractivity contribution in [1.29, 1.82) is 0 Å². The lowest BCUT2D eigenvalue weighted by Crippen LogP contribution is -2.66. The molecule has 148 valence electrons. The number of ether oxygens (including phenoxy) is 1. The van der Waals surface area contributed by atoms with E-state index in [4.69, 9.17) is 4.74 Å². The molecule has 4 nitrogen and oxygen atoms in total. The van der Waals surface area contributed by atoms with Gasteiger partial charge in [0.2, 0.25) is 0 Å². The molecule has 0 spiro atoms. The number of likely N-dealkylation sites (tertiary alicyclic amines) is 2. The molecule has 2 heterocycles. The van der Waals surface area contributed by atoms with Crippen LogP contribution in [0.25, 0.3) is 0 Å². The standard InChI is InChI=1S/C23H34N2O2/c1-16-13-17-14-20-22(2,3)23(4,18(17)15-19(16)27-5)9-12-25(20)21(26)24-10-7-6-8-11-24/h13,15,20H,6-12,14H2,1-5H3/t20-,23+/m1/s1. The third kappa shape index (κ3) is 2.67. The van der Waals surface area contributed by atoms with Crippen LogP contribution in [0.5, 0.6) is 5.75 Å². The van der Waals surface area contributed by atoms with Gasteiger partial charge in [0.15, 0.2) is 0 Å². The van der Waals surface area contributed by atoms with Gasteiger partial charge >= 0.3 is 6.03 Å². The predicted molar refractivity (Wildman–Crippen MR) is 108 cm³/mol. The number of rotatable bonds is 1. The van der Waals surface area contributed by atoms with Crippen LogP contribution in [-0.4, -0.2) is 48.6 Å². The summed E-state index contributed by atoms with van der Waals surface area (Å²) < 4.78 is 5.63. The average Bonchev–Trinajstić information content (AvgIpc) is 2.65. The summed E-state index contributed by atoms with van der Waals surface area (Å²) in [5.41, 5.74) is 4.11. The molecule has 1 aromatic rings. The number of urea groups is 1. The molecule has 2 fully saturated rings. The number of hydrogen-bond donors (Lipinski definition) is 0. The van der Waals surface area contributed by atoms with E-state index in [0.29, 0.717) is 0 Å². The van der Waals surface area contributed by atoms with Crippen LogP contribution in [0.3, 0.4) is 0 Å². The van der Waals surface area contributed by atoms with Gasteiger partial charge in [-0.3, -0.25) is 0 Å². The molecule has 2 amide bonds. The molecule has 0 aromatic heterocycles. The largest absolute Gasteiger partial charge is 0.496 e. The lowest BCUT2D eigenvalue weighted by molar-refractivity contribution is -0.0243. The van der Waals surface area contributed by atoms with Gasteiger partial charge in [0.1, 0.15) is 5.75 Å². The maximum absolute atomic E-state index is 13.4. The van der Waals surface area contributed by atoms with Crippen LogP contribution < -0.4 is 4.74 Å². The smallest absolute Gasteiger partial charge is 0.320 e. The minimum absolute atomic E-state index is 0.0317. The summed E-state index contributed by atoms with van der Waals surface area (Å²) in [6, 6.07) is 5.09. The molecule has 4 heteroatoms. The van der Waals surface area contributed by atoms with Gasteiger partial charge < -0.3 is 14.5 Å². The molecule has 2 bridgehead atoms. The summed E-state index contributed by atoms with van der Waals surface area (Å²) in [6.45, 7) is 11.9. The number of nitrogens with zero attached hydrogens (tertiary/aromatic N) is 2. The Morgan fingerprint density at radius 1 is 1.11 bits per heavy atom. The van der Waals surface area contributed by atoms with E-state index < -0.39 is 0 Å². The Bertz CT molecular complexity index is 751. The van der Waals surface area contributed by atoms with Gasteiger partial charge in [-0.1, -0.05) is 26.8 Å². The van der Waals surface area contributed by atoms with E-state index in [1.54, 1.807) is 7.11 Å². The second kappa shape index (κ2) is 6.42. The first-order chi connectivity index (χ1) is 12.8. The molecular formula is C23H34N2O2. The summed E-state index contributed by atoms with van der Waals surface area (Å²) in [5.74, 6) is 0.982. The highest BCUT2D eigenvalue weighted by Crippen LogP contribution is 2.56. The topological polar surface area (TPSA) is 32.8 Å². The van der Waals surface area contributed by atoms with E-state index >= 15 is 0 Å². The fraction of sp³-hybridized carbons (Fsp3) is 0.696. The number of methoxy groups -OCH3 is 1. The maximum Gasteiger partial charge on any atom is 0.320 e. The van der Waals surface area contributed by atoms with Crippen LogP contribution in [0.4, 0.5) is 4.79 Å². The molecule has 2 atom stereocenters. The zero-order valence-corrected chi connectivity index (χ0v) is 17.6. The zero-order chi connectivity index (χ0) is 19.4. The minimum Gasteiger partial charge on any atom is -0.496 e. The highest BCUT2D eigenvalue weighted by Gasteiger charge is 2.57. The Morgan fingerprint density at radius 3 is 2.48 bits per heavy atom. The van der Waals surface area contributed by atoms with Crippen LogP contribution in [0.1, 0.15) is 63.1 Å². The van der Waals surface area contributed by atoms with Gasteiger partial charge in [0.25, 0.3) is 0 Å². The third-order valence-electron chi connectivity index (χ3n) is 7.98. The Kier molecular flexibility index (Phi) is 4.44. The molecule has 1 aliphatic carbocycles. The molecule has 3 aliphatic rings. The second-order valence-electron chi connectivity index (χ2n) is 9.53. The van der Waals surface area contributed by atoms with E-state index in [9.17, 15) is 4.79 Å². The molecule has 2 saturated heterocycles. The highest BCUT2D eigenvalue weighted by molar-refractivity contribution is 5.75. The number of fused-ring (bicyclic) bond motifs is 4. The van der Waals surface area contributed by atoms with Crippen molar-refractivity contribution >= 4 is 6.03 Å². The first kappa shape index (κ1) is 18.6. The Balaban J connectivity index is 1.73. The van der Waals surface area contributed by atoms with E-state index in [2.05, 4.69) is 49.6 Å². The van der Waals surface area contributed by atoms with E-state index in [1.165, 1.54) is 23.1 Å².